The molecule has 0 aliphatic heterocycles. The van der Waals surface area contributed by atoms with Crippen LogP contribution in [0.1, 0.15) is 60.8 Å². The van der Waals surface area contributed by atoms with Gasteiger partial charge in [0.15, 0.2) is 0 Å². The van der Waals surface area contributed by atoms with E-state index in [1.807, 2.05) is 20.8 Å². The average molecular weight is 984 g/mol. The van der Waals surface area contributed by atoms with Crippen LogP contribution in [0.3, 0.4) is 0 Å². The fourth-order valence-electron chi connectivity index (χ4n) is 2.21. The highest BCUT2D eigenvalue weighted by Gasteiger charge is 2.33. The molecule has 0 spiro atoms. The van der Waals surface area contributed by atoms with Crippen LogP contribution in [0.2, 0.25) is 0 Å². The van der Waals surface area contributed by atoms with E-state index in [1.165, 1.54) is 11.6 Å². The van der Waals surface area contributed by atoms with Crippen molar-refractivity contribution in [1.82, 2.24) is 0 Å². The van der Waals surface area contributed by atoms with Crippen molar-refractivity contribution in [1.29, 1.82) is 0 Å². The maximum Gasteiger partial charge on any atom is 0.481 e. The molecule has 0 fully saturated rings. The molecule has 0 saturated carbocycles. The first kappa shape index (κ1) is 62.6. The van der Waals surface area contributed by atoms with Crippen LogP contribution in [-0.4, -0.2) is 83.4 Å². The smallest absolute Gasteiger partial charge is 0.302 e. The van der Waals surface area contributed by atoms with Crippen molar-refractivity contribution < 1.29 is 131 Å². The molecule has 0 aromatic rings. The minimum Gasteiger partial charge on any atom is -0.302 e. The van der Waals surface area contributed by atoms with Crippen molar-refractivity contribution in [3.8, 4) is 0 Å². The molecule has 0 bridgehead atoms. The van der Waals surface area contributed by atoms with Crippen LogP contribution >= 0.6 is 62.6 Å². The monoisotopic (exact) mass is 984 g/mol. The summed E-state index contributed by atoms with van der Waals surface area (Å²) in [5.41, 5.74) is 3.69. The summed E-state index contributed by atoms with van der Waals surface area (Å²) in [7, 11) is -39.3. The minimum absolute atomic E-state index is 0.191. The fourth-order valence-corrected chi connectivity index (χ4v) is 7.96. The quantitative estimate of drug-likeness (QED) is 0.0558. The number of phosphoric ester groups is 3. The van der Waals surface area contributed by atoms with Gasteiger partial charge in [0.2, 0.25) is 0 Å². The van der Waals surface area contributed by atoms with Crippen LogP contribution in [0, 0.1) is 0 Å². The van der Waals surface area contributed by atoms with Gasteiger partial charge in [-0.2, -0.15) is 17.2 Å². The molecule has 3 unspecified atom stereocenters. The van der Waals surface area contributed by atoms with Gasteiger partial charge in [0.1, 0.15) is 0 Å². The summed E-state index contributed by atoms with van der Waals surface area (Å²) in [6, 6.07) is 0. The van der Waals surface area contributed by atoms with Crippen LogP contribution in [0.15, 0.2) is 47.1 Å². The number of phosphoric acid groups is 8. The maximum atomic E-state index is 11.1. The van der Waals surface area contributed by atoms with Gasteiger partial charge in [-0.1, -0.05) is 40.5 Å². The Morgan fingerprint density at radius 2 is 0.750 bits per heavy atom. The lowest BCUT2D eigenvalue weighted by atomic mass is 10.1. The molecule has 0 amide bonds. The van der Waals surface area contributed by atoms with E-state index in [9.17, 15) is 36.5 Å². The average Bonchev–Trinajstić information content (AvgIpc) is 2.82. The third-order valence-electron chi connectivity index (χ3n) is 4.11. The summed E-state index contributed by atoms with van der Waals surface area (Å²) in [4.78, 5) is 107. The van der Waals surface area contributed by atoms with Gasteiger partial charge in [0, 0.05) is 0 Å². The van der Waals surface area contributed by atoms with E-state index in [1.54, 1.807) is 26.8 Å². The second-order valence-electron chi connectivity index (χ2n) is 10.5. The second kappa shape index (κ2) is 27.8. The summed E-state index contributed by atoms with van der Waals surface area (Å²) in [6.07, 6.45) is 7.00. The van der Waals surface area contributed by atoms with Gasteiger partial charge in [-0.3, -0.25) is 13.6 Å². The molecule has 336 valence electrons. The van der Waals surface area contributed by atoms with Crippen molar-refractivity contribution in [2.24, 2.45) is 0 Å². The molecule has 0 saturated heterocycles. The second-order valence-corrected chi connectivity index (χ2v) is 21.6. The first-order valence-electron chi connectivity index (χ1n) is 14.1. The molecule has 0 aliphatic rings. The van der Waals surface area contributed by atoms with Crippen LogP contribution in [0.25, 0.3) is 0 Å². The molecule has 28 nitrogen and oxygen atoms in total. The standard InChI is InChI=1S/C10H20O7P2.2C5H12O7P2.H4O7P2/c1-9(2)5-4-6-10(3)7-8-16-19(14,15)17-18(11,12)13;2*1-5(2)3-4-11-14(9,10)12-13(6,7)8;1-8(2,3)7-9(4,5)6/h5,7H,4,6,8H2,1-3H3,(H,14,15)(H2,11,12,13);3H,4H2,1-2H3,(H,9,10)(H2,6,7,8);1,3-4H2,2H3,(H,9,10)(H2,6,7,8);(H2,1,2,3)(H2,4,5,6)/b10-7+;;;. The molecule has 56 heavy (non-hydrogen) atoms. The lowest BCUT2D eigenvalue weighted by Gasteiger charge is -2.11. The normalized spacial score (nSPS) is 15.7. The van der Waals surface area contributed by atoms with Crippen LogP contribution in [-0.2, 0) is 67.3 Å². The van der Waals surface area contributed by atoms with E-state index in [0.717, 1.165) is 24.0 Å². The molecule has 3 atom stereocenters. The fraction of sp³-hybridized carbons (Fsp3) is 0.600. The zero-order chi connectivity index (χ0) is 45.6. The summed E-state index contributed by atoms with van der Waals surface area (Å²) < 4.78 is 109. The summed E-state index contributed by atoms with van der Waals surface area (Å²) in [5.74, 6) is 0. The Kier molecular flexibility index (Phi) is 31.1. The summed E-state index contributed by atoms with van der Waals surface area (Å²) >= 11 is 0. The molecule has 0 aromatic heterocycles. The van der Waals surface area contributed by atoms with Crippen molar-refractivity contribution in [2.45, 2.75) is 60.8 Å². The Morgan fingerprint density at radius 1 is 0.446 bits per heavy atom. The third kappa shape index (κ3) is 58.3. The highest BCUT2D eigenvalue weighted by Crippen LogP contribution is 2.59. The third-order valence-corrected chi connectivity index (χ3v) is 12.3. The molecule has 0 radical (unpaired) electrons. The number of hydrogen-bond acceptors (Lipinski definition) is 15. The van der Waals surface area contributed by atoms with Gasteiger partial charge in [-0.15, -0.1) is 6.58 Å². The largest absolute Gasteiger partial charge is 0.481 e. The van der Waals surface area contributed by atoms with E-state index in [2.05, 4.69) is 43.5 Å². The number of allylic oxidation sites excluding steroid dienone is 4. The Balaban J connectivity index is -0.000000332. The summed E-state index contributed by atoms with van der Waals surface area (Å²) in [6.45, 7) is 13.7. The number of hydrogen-bond donors (Lipinski definition) is 13. The Morgan fingerprint density at radius 3 is 1.02 bits per heavy atom. The van der Waals surface area contributed by atoms with Crippen LogP contribution in [0.4, 0.5) is 0 Å². The van der Waals surface area contributed by atoms with E-state index < -0.39 is 62.6 Å². The Hall–Kier alpha value is -0.0000000000000000971. The molecule has 0 aliphatic carbocycles. The topological polar surface area (TPSA) is 464 Å². The Bertz CT molecular complexity index is 1660. The zero-order valence-electron chi connectivity index (χ0n) is 30.2. The van der Waals surface area contributed by atoms with Gasteiger partial charge in [0.05, 0.1) is 19.8 Å². The highest BCUT2D eigenvalue weighted by molar-refractivity contribution is 7.61. The maximum absolute atomic E-state index is 11.1. The van der Waals surface area contributed by atoms with Crippen LogP contribution in [0.5, 0.6) is 0 Å². The number of rotatable bonds is 21. The lowest BCUT2D eigenvalue weighted by Crippen LogP contribution is -1.96. The molecule has 36 heteroatoms. The van der Waals surface area contributed by atoms with Gasteiger partial charge < -0.3 is 63.6 Å². The molecular formula is C20H48O28P8. The van der Waals surface area contributed by atoms with Crippen LogP contribution < -0.4 is 0 Å². The van der Waals surface area contributed by atoms with Crippen molar-refractivity contribution in [2.75, 3.05) is 19.8 Å². The predicted octanol–water partition coefficient (Wildman–Crippen LogP) is 4.45. The summed E-state index contributed by atoms with van der Waals surface area (Å²) in [5, 5.41) is 0. The lowest BCUT2D eigenvalue weighted by molar-refractivity contribution is 0.178. The van der Waals surface area contributed by atoms with E-state index >= 15 is 0 Å². The first-order chi connectivity index (χ1) is 24.5. The highest BCUT2D eigenvalue weighted by atomic mass is 31.3. The van der Waals surface area contributed by atoms with E-state index in [-0.39, 0.29) is 19.8 Å². The van der Waals surface area contributed by atoms with Crippen molar-refractivity contribution >= 4 is 62.6 Å². The first-order valence-corrected chi connectivity index (χ1v) is 26.2. The SMILES string of the molecule is C=C(C)CCOP(=O)(O)OP(=O)(O)O.CC(C)=CCC/C(C)=C/COP(=O)(O)OP(=O)(O)O.CC(C)=CCOP(=O)(O)OP(=O)(O)O.O=P(O)(O)OP(=O)(O)O. The van der Waals surface area contributed by atoms with Gasteiger partial charge in [0.25, 0.3) is 0 Å². The van der Waals surface area contributed by atoms with Crippen molar-refractivity contribution in [3.63, 3.8) is 0 Å². The molecular weight excluding hydrogens is 936 g/mol. The molecule has 0 rings (SSSR count). The van der Waals surface area contributed by atoms with E-state index in [0.29, 0.717) is 12.0 Å². The van der Waals surface area contributed by atoms with Gasteiger partial charge in [-0.05, 0) is 60.8 Å². The minimum atomic E-state index is -5.05. The van der Waals surface area contributed by atoms with Crippen molar-refractivity contribution in [3.05, 3.63) is 47.1 Å². The van der Waals surface area contributed by atoms with Gasteiger partial charge in [-0.25, -0.2) is 36.5 Å². The molecule has 13 N–H and O–H groups in total. The molecule has 0 heterocycles. The Labute approximate surface area is 320 Å². The van der Waals surface area contributed by atoms with Gasteiger partial charge >= 0.3 is 62.6 Å². The molecule has 0 aromatic carbocycles. The zero-order valence-corrected chi connectivity index (χ0v) is 37.4. The predicted molar refractivity (Wildman–Crippen MR) is 193 cm³/mol. The van der Waals surface area contributed by atoms with E-state index in [4.69, 9.17) is 63.6 Å².